The number of nitrogens with one attached hydrogen (secondary N) is 1. The molecule has 13 heteroatoms. The Morgan fingerprint density at radius 3 is 2.57 bits per heavy atom. The van der Waals surface area contributed by atoms with E-state index in [0.717, 1.165) is 23.1 Å². The molecule has 0 atom stereocenters. The van der Waals surface area contributed by atoms with E-state index in [9.17, 15) is 26.4 Å². The first-order valence-corrected chi connectivity index (χ1v) is 9.25. The number of sulfone groups is 1. The van der Waals surface area contributed by atoms with Crippen molar-refractivity contribution in [3.63, 3.8) is 0 Å². The number of hydrogen-bond donors (Lipinski definition) is 2. The Bertz CT molecular complexity index is 1160. The van der Waals surface area contributed by atoms with Crippen molar-refractivity contribution < 1.29 is 36.2 Å². The van der Waals surface area contributed by atoms with Gasteiger partial charge in [-0.1, -0.05) is 0 Å². The molecule has 0 amide bonds. The lowest BCUT2D eigenvalue weighted by Crippen LogP contribution is -2.19. The van der Waals surface area contributed by atoms with Gasteiger partial charge in [-0.05, 0) is 26.0 Å². The number of carbonyl (C=O) groups is 1. The first kappa shape index (κ1) is 19.7. The summed E-state index contributed by atoms with van der Waals surface area (Å²) in [5, 5.41) is 11.3. The minimum atomic E-state index is -4.90. The van der Waals surface area contributed by atoms with Crippen LogP contribution in [0.15, 0.2) is 29.4 Å². The van der Waals surface area contributed by atoms with Crippen molar-refractivity contribution in [1.29, 1.82) is 0 Å². The Morgan fingerprint density at radius 1 is 1.32 bits per heavy atom. The average Bonchev–Trinajstić information content (AvgIpc) is 3.17. The zero-order chi connectivity index (χ0) is 20.9. The fourth-order valence-electron chi connectivity index (χ4n) is 2.42. The minimum Gasteiger partial charge on any atom is -0.449 e. The topological polar surface area (TPSA) is 127 Å². The van der Waals surface area contributed by atoms with Gasteiger partial charge in [0.25, 0.3) is 0 Å². The van der Waals surface area contributed by atoms with Crippen molar-refractivity contribution in [2.75, 3.05) is 0 Å². The number of fused-ring (bicyclic) bond motifs is 1. The molecule has 0 aliphatic heterocycles. The number of ether oxygens (including phenoxy) is 1. The Kier molecular flexibility index (Phi) is 4.57. The van der Waals surface area contributed by atoms with Gasteiger partial charge >= 0.3 is 12.3 Å². The second-order valence-electron chi connectivity index (χ2n) is 6.01. The van der Waals surface area contributed by atoms with Gasteiger partial charge in [-0.3, -0.25) is 0 Å². The summed E-state index contributed by atoms with van der Waals surface area (Å²) in [5.74, 6) is -0.186. The Labute approximate surface area is 155 Å². The zero-order valence-corrected chi connectivity index (χ0v) is 15.2. The van der Waals surface area contributed by atoms with Crippen LogP contribution in [0.3, 0.4) is 0 Å². The number of hydrogen-bond acceptors (Lipinski definition) is 6. The van der Waals surface area contributed by atoms with Crippen molar-refractivity contribution >= 4 is 27.0 Å². The van der Waals surface area contributed by atoms with Crippen molar-refractivity contribution in [2.24, 2.45) is 0 Å². The van der Waals surface area contributed by atoms with Gasteiger partial charge in [-0.15, -0.1) is 0 Å². The van der Waals surface area contributed by atoms with Gasteiger partial charge in [0.2, 0.25) is 5.95 Å². The minimum absolute atomic E-state index is 0.0292. The molecule has 0 unspecified atom stereocenters. The molecule has 9 nitrogen and oxygen atoms in total. The monoisotopic (exact) mass is 418 g/mol. The van der Waals surface area contributed by atoms with E-state index < -0.39 is 37.9 Å². The summed E-state index contributed by atoms with van der Waals surface area (Å²) in [4.78, 5) is 16.3. The molecule has 1 aromatic carbocycles. The largest absolute Gasteiger partial charge is 0.511 e. The van der Waals surface area contributed by atoms with Crippen LogP contribution in [0, 0.1) is 0 Å². The Balaban J connectivity index is 2.17. The van der Waals surface area contributed by atoms with Crippen LogP contribution in [0.4, 0.5) is 18.0 Å². The smallest absolute Gasteiger partial charge is 0.449 e. The lowest BCUT2D eigenvalue weighted by molar-refractivity contribution is -0.139. The van der Waals surface area contributed by atoms with E-state index in [1.54, 1.807) is 0 Å². The molecule has 0 bridgehead atoms. The number of H-pyrrole nitrogens is 1. The van der Waals surface area contributed by atoms with E-state index in [-0.39, 0.29) is 22.7 Å². The average molecular weight is 418 g/mol. The number of benzene rings is 1. The van der Waals surface area contributed by atoms with Gasteiger partial charge < -0.3 is 14.8 Å². The second-order valence-corrected chi connectivity index (χ2v) is 8.48. The fraction of sp³-hybridized carbons (Fsp3) is 0.267. The number of imidazole rings is 1. The lowest BCUT2D eigenvalue weighted by atomic mass is 10.2. The molecule has 150 valence electrons. The van der Waals surface area contributed by atoms with Gasteiger partial charge in [0.15, 0.2) is 15.6 Å². The normalized spacial score (nSPS) is 12.6. The number of alkyl halides is 3. The number of halogens is 3. The molecule has 2 heterocycles. The molecule has 0 radical (unpaired) electrons. The third-order valence-electron chi connectivity index (χ3n) is 3.78. The predicted molar refractivity (Wildman–Crippen MR) is 89.2 cm³/mol. The maximum Gasteiger partial charge on any atom is 0.511 e. The summed E-state index contributed by atoms with van der Waals surface area (Å²) in [6.45, 7) is 2.56. The third-order valence-corrected chi connectivity index (χ3v) is 5.98. The predicted octanol–water partition coefficient (Wildman–Crippen LogP) is 3.01. The van der Waals surface area contributed by atoms with Gasteiger partial charge in [0.1, 0.15) is 0 Å². The van der Waals surface area contributed by atoms with Crippen molar-refractivity contribution in [3.8, 4) is 11.7 Å². The van der Waals surface area contributed by atoms with Crippen LogP contribution in [0.5, 0.6) is 5.75 Å². The summed E-state index contributed by atoms with van der Waals surface area (Å²) in [5.41, 5.74) is -1.40. The number of carboxylic acid groups (broad SMARTS) is 1. The highest BCUT2D eigenvalue weighted by molar-refractivity contribution is 7.92. The number of aromatic amines is 1. The molecular weight excluding hydrogens is 405 g/mol. The standard InChI is InChI=1S/C15H13F3N4O5S/c1-7(2)28(25,26)12-4-11-10(3-9(12)15(16,17)18)20-13(21-11)22-6-8(5-19-22)27-14(23)24/h3-7H,1-2H3,(H,20,21)(H,23,24). The molecular formula is C15H13F3N4O5S. The van der Waals surface area contributed by atoms with Crippen molar-refractivity contribution in [1.82, 2.24) is 19.7 Å². The number of aromatic nitrogens is 4. The van der Waals surface area contributed by atoms with Crippen molar-refractivity contribution in [2.45, 2.75) is 30.2 Å². The summed E-state index contributed by atoms with van der Waals surface area (Å²) in [6.07, 6.45) is -4.26. The molecule has 0 spiro atoms. The number of nitrogens with zero attached hydrogens (tertiary/aromatic N) is 3. The third kappa shape index (κ3) is 3.52. The molecule has 28 heavy (non-hydrogen) atoms. The number of rotatable bonds is 4. The lowest BCUT2D eigenvalue weighted by Gasteiger charge is -2.15. The maximum atomic E-state index is 13.4. The highest BCUT2D eigenvalue weighted by Gasteiger charge is 2.38. The van der Waals surface area contributed by atoms with Crippen LogP contribution < -0.4 is 4.74 Å². The van der Waals surface area contributed by atoms with E-state index in [0.29, 0.717) is 6.07 Å². The van der Waals surface area contributed by atoms with Crippen LogP contribution in [0.2, 0.25) is 0 Å². The van der Waals surface area contributed by atoms with E-state index >= 15 is 0 Å². The van der Waals surface area contributed by atoms with Gasteiger partial charge in [-0.2, -0.15) is 18.3 Å². The SMILES string of the molecule is CC(C)S(=O)(=O)c1cc2nc(-n3cc(OC(=O)O)cn3)[nH]c2cc1C(F)(F)F. The first-order valence-electron chi connectivity index (χ1n) is 7.70. The quantitative estimate of drug-likeness (QED) is 0.624. The highest BCUT2D eigenvalue weighted by Crippen LogP contribution is 2.37. The van der Waals surface area contributed by atoms with Crippen LogP contribution >= 0.6 is 0 Å². The molecule has 0 fully saturated rings. The van der Waals surface area contributed by atoms with Crippen LogP contribution in [-0.2, 0) is 16.0 Å². The second kappa shape index (κ2) is 6.51. The molecule has 0 aliphatic rings. The Hall–Kier alpha value is -3.09. The zero-order valence-electron chi connectivity index (χ0n) is 14.4. The molecule has 0 saturated heterocycles. The summed E-state index contributed by atoms with van der Waals surface area (Å²) >= 11 is 0. The van der Waals surface area contributed by atoms with E-state index in [1.165, 1.54) is 13.8 Å². The van der Waals surface area contributed by atoms with Gasteiger partial charge in [0, 0.05) is 0 Å². The van der Waals surface area contributed by atoms with E-state index in [2.05, 4.69) is 19.8 Å². The van der Waals surface area contributed by atoms with Crippen molar-refractivity contribution in [3.05, 3.63) is 30.1 Å². The summed E-state index contributed by atoms with van der Waals surface area (Å²) in [7, 11) is -4.23. The van der Waals surface area contributed by atoms with Crippen LogP contribution in [0.1, 0.15) is 19.4 Å². The molecule has 0 saturated carbocycles. The molecule has 3 rings (SSSR count). The molecule has 3 aromatic rings. The van der Waals surface area contributed by atoms with Crippen LogP contribution in [0.25, 0.3) is 17.0 Å². The fourth-order valence-corrected chi connectivity index (χ4v) is 3.68. The molecule has 2 aromatic heterocycles. The summed E-state index contributed by atoms with van der Waals surface area (Å²) < 4.78 is 70.6. The molecule has 0 aliphatic carbocycles. The van der Waals surface area contributed by atoms with Gasteiger partial charge in [0.05, 0.1) is 39.1 Å². The first-order chi connectivity index (χ1) is 12.9. The summed E-state index contributed by atoms with van der Waals surface area (Å²) in [6, 6.07) is 1.52. The molecule has 2 N–H and O–H groups in total. The van der Waals surface area contributed by atoms with Crippen LogP contribution in [-0.4, -0.2) is 44.7 Å². The maximum absolute atomic E-state index is 13.4. The van der Waals surface area contributed by atoms with E-state index in [4.69, 9.17) is 5.11 Å². The Morgan fingerprint density at radius 2 is 2.00 bits per heavy atom. The highest BCUT2D eigenvalue weighted by atomic mass is 32.2. The van der Waals surface area contributed by atoms with Gasteiger partial charge in [-0.25, -0.2) is 22.9 Å². The van der Waals surface area contributed by atoms with E-state index in [1.807, 2.05) is 0 Å².